The predicted molar refractivity (Wildman–Crippen MR) is 61.7 cm³/mol. The van der Waals surface area contributed by atoms with Gasteiger partial charge in [0.15, 0.2) is 5.82 Å². The van der Waals surface area contributed by atoms with Gasteiger partial charge in [-0.3, -0.25) is 0 Å². The fourth-order valence-electron chi connectivity index (χ4n) is 1.71. The normalized spacial score (nSPS) is 15.9. The fourth-order valence-corrected chi connectivity index (χ4v) is 1.71. The molecule has 1 aromatic rings. The highest BCUT2D eigenvalue weighted by atomic mass is 15.5. The fraction of sp³-hybridized carbons (Fsp3) is 0.909. The smallest absolute Gasteiger partial charge is 0.165 e. The molecule has 0 aliphatic heterocycles. The molecule has 1 saturated carbocycles. The highest BCUT2D eigenvalue weighted by Crippen LogP contribution is 2.32. The van der Waals surface area contributed by atoms with Crippen LogP contribution in [0.5, 0.6) is 0 Å². The molecule has 1 aromatic heterocycles. The zero-order valence-electron chi connectivity index (χ0n) is 10.2. The van der Waals surface area contributed by atoms with Crippen molar-refractivity contribution in [2.45, 2.75) is 46.2 Å². The molecule has 90 valence electrons. The Labute approximate surface area is 96.6 Å². The molecule has 0 spiro atoms. The molecular formula is C11H21N5. The standard InChI is InChI=1S/C11H21N5/c1-9(2)7-12-8-11-13-14-15-16(11)6-5-10-3-4-10/h9-10,12H,3-8H2,1-2H3. The summed E-state index contributed by atoms with van der Waals surface area (Å²) in [5, 5.41) is 15.2. The highest BCUT2D eigenvalue weighted by Gasteiger charge is 2.21. The highest BCUT2D eigenvalue weighted by molar-refractivity contribution is 4.81. The van der Waals surface area contributed by atoms with E-state index in [0.29, 0.717) is 5.92 Å². The van der Waals surface area contributed by atoms with Crippen molar-refractivity contribution >= 4 is 0 Å². The van der Waals surface area contributed by atoms with Crippen molar-refractivity contribution in [3.63, 3.8) is 0 Å². The summed E-state index contributed by atoms with van der Waals surface area (Å²) in [6, 6.07) is 0. The molecule has 0 saturated heterocycles. The van der Waals surface area contributed by atoms with Gasteiger partial charge in [0.1, 0.15) is 0 Å². The summed E-state index contributed by atoms with van der Waals surface area (Å²) in [4.78, 5) is 0. The summed E-state index contributed by atoms with van der Waals surface area (Å²) in [6.07, 6.45) is 4.01. The lowest BCUT2D eigenvalue weighted by Crippen LogP contribution is -2.22. The SMILES string of the molecule is CC(C)CNCc1nnnn1CCC1CC1. The number of hydrogen-bond acceptors (Lipinski definition) is 4. The second-order valence-electron chi connectivity index (χ2n) is 5.08. The Morgan fingerprint density at radius 1 is 1.44 bits per heavy atom. The van der Waals surface area contributed by atoms with Crippen molar-refractivity contribution in [2.75, 3.05) is 6.54 Å². The molecule has 0 radical (unpaired) electrons. The van der Waals surface area contributed by atoms with E-state index in [-0.39, 0.29) is 0 Å². The summed E-state index contributed by atoms with van der Waals surface area (Å²) in [5.74, 6) is 2.55. The number of aryl methyl sites for hydroxylation is 1. The van der Waals surface area contributed by atoms with Gasteiger partial charge in [0.25, 0.3) is 0 Å². The van der Waals surface area contributed by atoms with E-state index < -0.39 is 0 Å². The Balaban J connectivity index is 1.76. The van der Waals surface area contributed by atoms with E-state index in [1.165, 1.54) is 19.3 Å². The van der Waals surface area contributed by atoms with Crippen LogP contribution in [0.3, 0.4) is 0 Å². The van der Waals surface area contributed by atoms with Gasteiger partial charge < -0.3 is 5.32 Å². The Kier molecular flexibility index (Phi) is 3.88. The number of hydrogen-bond donors (Lipinski definition) is 1. The molecule has 0 bridgehead atoms. The maximum atomic E-state index is 4.05. The Morgan fingerprint density at radius 2 is 2.25 bits per heavy atom. The molecule has 1 heterocycles. The average molecular weight is 223 g/mol. The third kappa shape index (κ3) is 3.56. The maximum absolute atomic E-state index is 4.05. The van der Waals surface area contributed by atoms with Gasteiger partial charge in [-0.05, 0) is 35.2 Å². The van der Waals surface area contributed by atoms with E-state index in [4.69, 9.17) is 0 Å². The van der Waals surface area contributed by atoms with Gasteiger partial charge in [0.2, 0.25) is 0 Å². The Hall–Kier alpha value is -0.970. The lowest BCUT2D eigenvalue weighted by Gasteiger charge is -2.07. The lowest BCUT2D eigenvalue weighted by atomic mass is 10.2. The van der Waals surface area contributed by atoms with E-state index >= 15 is 0 Å². The summed E-state index contributed by atoms with van der Waals surface area (Å²) in [7, 11) is 0. The van der Waals surface area contributed by atoms with Crippen LogP contribution in [0.1, 0.15) is 38.9 Å². The summed E-state index contributed by atoms with van der Waals surface area (Å²) in [6.45, 7) is 7.15. The van der Waals surface area contributed by atoms with Gasteiger partial charge in [-0.15, -0.1) is 5.10 Å². The molecule has 2 rings (SSSR count). The minimum Gasteiger partial charge on any atom is -0.310 e. The van der Waals surface area contributed by atoms with Gasteiger partial charge in [0, 0.05) is 6.54 Å². The first kappa shape index (κ1) is 11.5. The average Bonchev–Trinajstić information content (AvgIpc) is 2.96. The van der Waals surface area contributed by atoms with Crippen molar-refractivity contribution in [3.05, 3.63) is 5.82 Å². The number of nitrogens with zero attached hydrogens (tertiary/aromatic N) is 4. The monoisotopic (exact) mass is 223 g/mol. The lowest BCUT2D eigenvalue weighted by molar-refractivity contribution is 0.487. The van der Waals surface area contributed by atoms with Crippen LogP contribution in [0.4, 0.5) is 0 Å². The van der Waals surface area contributed by atoms with Gasteiger partial charge in [-0.2, -0.15) is 0 Å². The summed E-state index contributed by atoms with van der Waals surface area (Å²) in [5.41, 5.74) is 0. The number of tetrazole rings is 1. The van der Waals surface area contributed by atoms with Crippen LogP contribution in [-0.2, 0) is 13.1 Å². The van der Waals surface area contributed by atoms with E-state index in [2.05, 4.69) is 34.7 Å². The van der Waals surface area contributed by atoms with Crippen LogP contribution in [0.25, 0.3) is 0 Å². The van der Waals surface area contributed by atoms with Crippen molar-refractivity contribution in [1.29, 1.82) is 0 Å². The summed E-state index contributed by atoms with van der Waals surface area (Å²) >= 11 is 0. The third-order valence-electron chi connectivity index (χ3n) is 2.89. The van der Waals surface area contributed by atoms with Crippen molar-refractivity contribution in [3.8, 4) is 0 Å². The molecule has 16 heavy (non-hydrogen) atoms. The van der Waals surface area contributed by atoms with E-state index in [1.807, 2.05) is 4.68 Å². The minimum absolute atomic E-state index is 0.663. The van der Waals surface area contributed by atoms with Crippen LogP contribution in [0.15, 0.2) is 0 Å². The molecule has 0 aromatic carbocycles. The van der Waals surface area contributed by atoms with Crippen molar-refractivity contribution in [2.24, 2.45) is 11.8 Å². The van der Waals surface area contributed by atoms with Gasteiger partial charge in [-0.1, -0.05) is 26.7 Å². The first-order chi connectivity index (χ1) is 7.75. The van der Waals surface area contributed by atoms with Crippen molar-refractivity contribution < 1.29 is 0 Å². The quantitative estimate of drug-likeness (QED) is 0.755. The van der Waals surface area contributed by atoms with Crippen LogP contribution in [-0.4, -0.2) is 26.8 Å². The zero-order chi connectivity index (χ0) is 11.4. The molecule has 0 amide bonds. The molecule has 0 atom stereocenters. The molecule has 1 N–H and O–H groups in total. The third-order valence-corrected chi connectivity index (χ3v) is 2.89. The second kappa shape index (κ2) is 5.39. The Bertz CT molecular complexity index is 316. The van der Waals surface area contributed by atoms with Gasteiger partial charge in [-0.25, -0.2) is 4.68 Å². The molecule has 1 aliphatic carbocycles. The van der Waals surface area contributed by atoms with E-state index in [9.17, 15) is 0 Å². The van der Waals surface area contributed by atoms with Crippen LogP contribution in [0.2, 0.25) is 0 Å². The summed E-state index contributed by atoms with van der Waals surface area (Å²) < 4.78 is 1.94. The van der Waals surface area contributed by atoms with Crippen molar-refractivity contribution in [1.82, 2.24) is 25.5 Å². The largest absolute Gasteiger partial charge is 0.310 e. The molecule has 1 aliphatic rings. The number of nitrogens with one attached hydrogen (secondary N) is 1. The maximum Gasteiger partial charge on any atom is 0.165 e. The zero-order valence-corrected chi connectivity index (χ0v) is 10.2. The molecule has 5 heteroatoms. The minimum atomic E-state index is 0.663. The first-order valence-corrected chi connectivity index (χ1v) is 6.21. The molecule has 1 fully saturated rings. The van der Waals surface area contributed by atoms with Gasteiger partial charge in [0.05, 0.1) is 6.54 Å². The van der Waals surface area contributed by atoms with E-state index in [1.54, 1.807) is 0 Å². The number of aromatic nitrogens is 4. The first-order valence-electron chi connectivity index (χ1n) is 6.21. The van der Waals surface area contributed by atoms with Crippen LogP contribution < -0.4 is 5.32 Å². The molecule has 5 nitrogen and oxygen atoms in total. The topological polar surface area (TPSA) is 55.6 Å². The molecular weight excluding hydrogens is 202 g/mol. The van der Waals surface area contributed by atoms with Crippen LogP contribution in [0, 0.1) is 11.8 Å². The molecule has 0 unspecified atom stereocenters. The van der Waals surface area contributed by atoms with Crippen LogP contribution >= 0.6 is 0 Å². The Morgan fingerprint density at radius 3 is 2.94 bits per heavy atom. The van der Waals surface area contributed by atoms with Gasteiger partial charge >= 0.3 is 0 Å². The predicted octanol–water partition coefficient (Wildman–Crippen LogP) is 1.22. The van der Waals surface area contributed by atoms with E-state index in [0.717, 1.165) is 31.4 Å². The number of rotatable bonds is 7. The second-order valence-corrected chi connectivity index (χ2v) is 5.08.